The summed E-state index contributed by atoms with van der Waals surface area (Å²) in [6, 6.07) is 7.39. The van der Waals surface area contributed by atoms with Crippen LogP contribution in [0.1, 0.15) is 12.5 Å². The van der Waals surface area contributed by atoms with Gasteiger partial charge in [0.25, 0.3) is 10.5 Å². The standard InChI is InChI=1S/C10H11ClNO2/c1-7-6-8-4-2-3-5-9(8)12(13)14-10(7)11/h2-5,7,10H,6H2,1H3/q+1. The molecule has 1 aromatic rings. The zero-order valence-corrected chi connectivity index (χ0v) is 8.57. The molecule has 1 heterocycles. The van der Waals surface area contributed by atoms with Gasteiger partial charge in [-0.05, 0) is 6.42 Å². The summed E-state index contributed by atoms with van der Waals surface area (Å²) in [5.74, 6) is 0.136. The lowest BCUT2D eigenvalue weighted by atomic mass is 10.0. The molecule has 0 fully saturated rings. The van der Waals surface area contributed by atoms with E-state index in [4.69, 9.17) is 16.4 Å². The second-order valence-corrected chi connectivity index (χ2v) is 3.95. The van der Waals surface area contributed by atoms with Crippen molar-refractivity contribution in [1.29, 1.82) is 0 Å². The maximum Gasteiger partial charge on any atom is 0.319 e. The van der Waals surface area contributed by atoms with Gasteiger partial charge >= 0.3 is 5.69 Å². The second-order valence-electron chi connectivity index (χ2n) is 3.52. The summed E-state index contributed by atoms with van der Waals surface area (Å²) in [6.45, 7) is 1.97. The van der Waals surface area contributed by atoms with Crippen LogP contribution in [-0.2, 0) is 11.3 Å². The summed E-state index contributed by atoms with van der Waals surface area (Å²) in [5, 5.41) is 0. The van der Waals surface area contributed by atoms with E-state index in [1.807, 2.05) is 25.1 Å². The van der Waals surface area contributed by atoms with Gasteiger partial charge in [-0.1, -0.05) is 36.7 Å². The Hall–Kier alpha value is -1.09. The predicted molar refractivity (Wildman–Crippen MR) is 53.3 cm³/mol. The van der Waals surface area contributed by atoms with Crippen molar-refractivity contribution < 1.29 is 9.76 Å². The molecule has 74 valence electrons. The molecule has 2 atom stereocenters. The molecule has 0 N–H and O–H groups in total. The molecule has 3 nitrogen and oxygen atoms in total. The summed E-state index contributed by atoms with van der Waals surface area (Å²) in [4.78, 5) is 17.0. The van der Waals surface area contributed by atoms with E-state index in [-0.39, 0.29) is 5.92 Å². The van der Waals surface area contributed by atoms with Crippen molar-refractivity contribution in [1.82, 2.24) is 0 Å². The third-order valence-electron chi connectivity index (χ3n) is 2.37. The molecule has 0 saturated carbocycles. The van der Waals surface area contributed by atoms with Crippen LogP contribution < -0.4 is 0 Å². The number of rotatable bonds is 0. The smallest absolute Gasteiger partial charge is 0.207 e. The molecule has 1 aromatic carbocycles. The van der Waals surface area contributed by atoms with Crippen LogP contribution in [0.3, 0.4) is 0 Å². The van der Waals surface area contributed by atoms with E-state index in [0.29, 0.717) is 10.6 Å². The van der Waals surface area contributed by atoms with E-state index >= 15 is 0 Å². The van der Waals surface area contributed by atoms with Crippen LogP contribution in [0.15, 0.2) is 24.3 Å². The molecule has 0 bridgehead atoms. The van der Waals surface area contributed by atoms with E-state index in [9.17, 15) is 4.91 Å². The fourth-order valence-corrected chi connectivity index (χ4v) is 1.71. The molecule has 0 spiro atoms. The Kier molecular flexibility index (Phi) is 2.42. The van der Waals surface area contributed by atoms with Gasteiger partial charge in [0.15, 0.2) is 0 Å². The van der Waals surface area contributed by atoms with Gasteiger partial charge in [0, 0.05) is 17.5 Å². The first kappa shape index (κ1) is 9.46. The zero-order valence-electron chi connectivity index (χ0n) is 7.81. The normalized spacial score (nSPS) is 26.3. The average molecular weight is 213 g/mol. The molecule has 14 heavy (non-hydrogen) atoms. The van der Waals surface area contributed by atoms with Crippen molar-refractivity contribution in [3.05, 3.63) is 34.7 Å². The minimum Gasteiger partial charge on any atom is -0.207 e. The molecule has 0 amide bonds. The number of para-hydroxylation sites is 1. The Morgan fingerprint density at radius 1 is 1.50 bits per heavy atom. The molecule has 0 aliphatic carbocycles. The van der Waals surface area contributed by atoms with Gasteiger partial charge in [-0.3, -0.25) is 0 Å². The lowest BCUT2D eigenvalue weighted by molar-refractivity contribution is -0.750. The third kappa shape index (κ3) is 1.60. The molecular weight excluding hydrogens is 202 g/mol. The number of alkyl halides is 1. The van der Waals surface area contributed by atoms with E-state index in [1.165, 1.54) is 0 Å². The first-order valence-electron chi connectivity index (χ1n) is 4.54. The molecule has 0 aromatic heterocycles. The molecular formula is C10H11ClNO2+. The molecule has 1 aliphatic heterocycles. The first-order chi connectivity index (χ1) is 6.68. The Morgan fingerprint density at radius 3 is 3.00 bits per heavy atom. The highest BCUT2D eigenvalue weighted by atomic mass is 35.5. The maximum absolute atomic E-state index is 11.5. The molecule has 2 rings (SSSR count). The summed E-state index contributed by atoms with van der Waals surface area (Å²) < 4.78 is 0. The van der Waals surface area contributed by atoms with Gasteiger partial charge in [-0.15, -0.1) is 0 Å². The zero-order chi connectivity index (χ0) is 10.1. The molecule has 1 aliphatic rings. The number of hydrogen-bond donors (Lipinski definition) is 0. The fourth-order valence-electron chi connectivity index (χ4n) is 1.55. The summed E-state index contributed by atoms with van der Waals surface area (Å²) in [6.07, 6.45) is 0.767. The van der Waals surface area contributed by atoms with Crippen molar-refractivity contribution in [2.45, 2.75) is 18.9 Å². The van der Waals surface area contributed by atoms with E-state index in [0.717, 1.165) is 12.0 Å². The predicted octanol–water partition coefficient (Wildman–Crippen LogP) is 2.79. The van der Waals surface area contributed by atoms with Crippen LogP contribution in [0, 0.1) is 10.8 Å². The lowest BCUT2D eigenvalue weighted by Gasteiger charge is -2.07. The molecule has 2 unspecified atom stereocenters. The van der Waals surface area contributed by atoms with Crippen molar-refractivity contribution >= 4 is 17.3 Å². The summed E-state index contributed by atoms with van der Waals surface area (Å²) >= 11 is 5.89. The molecule has 0 saturated heterocycles. The summed E-state index contributed by atoms with van der Waals surface area (Å²) in [5.41, 5.74) is 0.987. The Bertz CT molecular complexity index is 367. The SMILES string of the molecule is CC1Cc2ccccc2[N+](=O)OC1Cl. The second kappa shape index (κ2) is 3.58. The van der Waals surface area contributed by atoms with Crippen molar-refractivity contribution in [2.24, 2.45) is 5.92 Å². The molecule has 0 radical (unpaired) electrons. The van der Waals surface area contributed by atoms with Crippen LogP contribution >= 0.6 is 11.6 Å². The minimum absolute atomic E-state index is 0.136. The topological polar surface area (TPSA) is 29.3 Å². The van der Waals surface area contributed by atoms with Gasteiger partial charge in [-0.2, -0.15) is 0 Å². The first-order valence-corrected chi connectivity index (χ1v) is 4.98. The lowest BCUT2D eigenvalue weighted by Crippen LogP contribution is -2.17. The Morgan fingerprint density at radius 2 is 2.21 bits per heavy atom. The van der Waals surface area contributed by atoms with Gasteiger partial charge in [-0.25, -0.2) is 4.84 Å². The minimum atomic E-state index is -0.556. The van der Waals surface area contributed by atoms with Crippen molar-refractivity contribution in [2.75, 3.05) is 0 Å². The van der Waals surface area contributed by atoms with Crippen LogP contribution in [0.4, 0.5) is 5.69 Å². The van der Waals surface area contributed by atoms with Crippen LogP contribution in [-0.4, -0.2) is 10.5 Å². The van der Waals surface area contributed by atoms with Crippen LogP contribution in [0.2, 0.25) is 0 Å². The van der Waals surface area contributed by atoms with Gasteiger partial charge in [0.05, 0.1) is 4.91 Å². The Labute approximate surface area is 87.2 Å². The van der Waals surface area contributed by atoms with E-state index < -0.39 is 5.56 Å². The van der Waals surface area contributed by atoms with Gasteiger partial charge in [0.1, 0.15) is 0 Å². The average Bonchev–Trinajstić information content (AvgIpc) is 2.27. The quantitative estimate of drug-likeness (QED) is 0.619. The van der Waals surface area contributed by atoms with Crippen LogP contribution in [0.5, 0.6) is 0 Å². The van der Waals surface area contributed by atoms with E-state index in [1.54, 1.807) is 6.07 Å². The van der Waals surface area contributed by atoms with Gasteiger partial charge in [0.2, 0.25) is 0 Å². The monoisotopic (exact) mass is 212 g/mol. The number of benzene rings is 1. The van der Waals surface area contributed by atoms with Crippen molar-refractivity contribution in [3.63, 3.8) is 0 Å². The number of fused-ring (bicyclic) bond motifs is 1. The number of hydrogen-bond acceptors (Lipinski definition) is 2. The summed E-state index contributed by atoms with van der Waals surface area (Å²) in [7, 11) is 0. The maximum atomic E-state index is 11.5. The third-order valence-corrected chi connectivity index (χ3v) is 2.88. The highest BCUT2D eigenvalue weighted by Gasteiger charge is 2.33. The van der Waals surface area contributed by atoms with Crippen LogP contribution in [0.25, 0.3) is 0 Å². The molecule has 4 heteroatoms. The van der Waals surface area contributed by atoms with E-state index in [2.05, 4.69) is 0 Å². The highest BCUT2D eigenvalue weighted by molar-refractivity contribution is 6.19. The number of halogens is 1. The van der Waals surface area contributed by atoms with Gasteiger partial charge < -0.3 is 0 Å². The fraction of sp³-hybridized carbons (Fsp3) is 0.400. The largest absolute Gasteiger partial charge is 0.319 e. The highest BCUT2D eigenvalue weighted by Crippen LogP contribution is 2.29. The number of nitrogens with zero attached hydrogens (tertiary/aromatic N) is 1. The van der Waals surface area contributed by atoms with Crippen molar-refractivity contribution in [3.8, 4) is 0 Å². The Balaban J connectivity index is 2.43.